The third kappa shape index (κ3) is 7.12. The molecule has 0 saturated carbocycles. The molecule has 0 unspecified atom stereocenters. The number of methoxy groups -OCH3 is 1. The monoisotopic (exact) mass is 417 g/mol. The highest BCUT2D eigenvalue weighted by molar-refractivity contribution is 6.35. The zero-order chi connectivity index (χ0) is 21.2. The molecular weight excluding hydrogens is 394 g/mol. The van der Waals surface area contributed by atoms with Crippen LogP contribution in [-0.2, 0) is 16.2 Å². The first-order chi connectivity index (χ1) is 13.9. The van der Waals surface area contributed by atoms with E-state index in [-0.39, 0.29) is 5.92 Å². The van der Waals surface area contributed by atoms with Gasteiger partial charge in [0.1, 0.15) is 6.61 Å². The Labute approximate surface area is 175 Å². The summed E-state index contributed by atoms with van der Waals surface area (Å²) >= 11 is 6.14. The van der Waals surface area contributed by atoms with Gasteiger partial charge in [0.15, 0.2) is 11.5 Å². The van der Waals surface area contributed by atoms with Gasteiger partial charge in [0.05, 0.1) is 13.3 Å². The summed E-state index contributed by atoms with van der Waals surface area (Å²) < 4.78 is 11.1. The maximum Gasteiger partial charge on any atom is 0.329 e. The van der Waals surface area contributed by atoms with Gasteiger partial charge >= 0.3 is 11.8 Å². The van der Waals surface area contributed by atoms with E-state index in [9.17, 15) is 9.59 Å². The van der Waals surface area contributed by atoms with E-state index in [2.05, 4.69) is 15.8 Å². The number of rotatable bonds is 8. The molecule has 0 heterocycles. The number of carbonyl (C=O) groups excluding carboxylic acids is 2. The zero-order valence-electron chi connectivity index (χ0n) is 16.6. The minimum atomic E-state index is -0.825. The fraction of sp³-hybridized carbons (Fsp3) is 0.286. The average Bonchev–Trinajstić information content (AvgIpc) is 2.71. The Morgan fingerprint density at radius 3 is 2.59 bits per heavy atom. The summed E-state index contributed by atoms with van der Waals surface area (Å²) in [6.07, 6.45) is 1.41. The van der Waals surface area contributed by atoms with E-state index < -0.39 is 11.8 Å². The molecule has 2 aromatic rings. The van der Waals surface area contributed by atoms with Crippen molar-refractivity contribution in [3.8, 4) is 11.5 Å². The lowest BCUT2D eigenvalue weighted by Gasteiger charge is -2.12. The molecule has 0 fully saturated rings. The number of hydrazone groups is 1. The Bertz CT molecular complexity index is 884. The molecule has 2 rings (SSSR count). The van der Waals surface area contributed by atoms with E-state index in [1.54, 1.807) is 24.3 Å². The summed E-state index contributed by atoms with van der Waals surface area (Å²) in [5.41, 5.74) is 3.71. The Morgan fingerprint density at radius 2 is 1.90 bits per heavy atom. The first-order valence-electron chi connectivity index (χ1n) is 9.06. The van der Waals surface area contributed by atoms with E-state index in [1.807, 2.05) is 32.0 Å². The van der Waals surface area contributed by atoms with Crippen LogP contribution in [0.5, 0.6) is 11.5 Å². The van der Waals surface area contributed by atoms with Gasteiger partial charge in [-0.2, -0.15) is 5.10 Å². The maximum absolute atomic E-state index is 11.7. The smallest absolute Gasteiger partial charge is 0.329 e. The van der Waals surface area contributed by atoms with Crippen LogP contribution in [0.4, 0.5) is 0 Å². The molecule has 2 N–H and O–H groups in total. The minimum Gasteiger partial charge on any atom is -0.493 e. The third-order valence-corrected chi connectivity index (χ3v) is 4.15. The fourth-order valence-electron chi connectivity index (χ4n) is 2.25. The molecule has 0 aromatic heterocycles. The van der Waals surface area contributed by atoms with Crippen LogP contribution in [-0.4, -0.2) is 31.7 Å². The molecule has 2 aromatic carbocycles. The number of carbonyl (C=O) groups is 2. The molecule has 8 heteroatoms. The summed E-state index contributed by atoms with van der Waals surface area (Å²) in [5, 5.41) is 6.95. The SMILES string of the molecule is COc1cc(/C=N\NC(=O)C(=O)NCC(C)C)ccc1OCc1ccccc1Cl. The summed E-state index contributed by atoms with van der Waals surface area (Å²) in [7, 11) is 1.53. The summed E-state index contributed by atoms with van der Waals surface area (Å²) in [4.78, 5) is 23.3. The van der Waals surface area contributed by atoms with Crippen LogP contribution in [0.1, 0.15) is 25.0 Å². The van der Waals surface area contributed by atoms with Crippen molar-refractivity contribution in [1.82, 2.24) is 10.7 Å². The van der Waals surface area contributed by atoms with Crippen molar-refractivity contribution >= 4 is 29.6 Å². The highest BCUT2D eigenvalue weighted by Crippen LogP contribution is 2.29. The largest absolute Gasteiger partial charge is 0.493 e. The van der Waals surface area contributed by atoms with Crippen molar-refractivity contribution in [2.45, 2.75) is 20.5 Å². The molecule has 0 aliphatic rings. The number of nitrogens with zero attached hydrogens (tertiary/aromatic N) is 1. The van der Waals surface area contributed by atoms with Crippen molar-refractivity contribution in [3.63, 3.8) is 0 Å². The molecule has 0 aliphatic heterocycles. The molecule has 0 bridgehead atoms. The zero-order valence-corrected chi connectivity index (χ0v) is 17.3. The number of halogens is 1. The highest BCUT2D eigenvalue weighted by atomic mass is 35.5. The molecule has 0 atom stereocenters. The van der Waals surface area contributed by atoms with Crippen molar-refractivity contribution in [2.75, 3.05) is 13.7 Å². The van der Waals surface area contributed by atoms with Gasteiger partial charge in [0.2, 0.25) is 0 Å². The van der Waals surface area contributed by atoms with Gasteiger partial charge < -0.3 is 14.8 Å². The van der Waals surface area contributed by atoms with Crippen LogP contribution in [0.15, 0.2) is 47.6 Å². The first kappa shape index (κ1) is 22.2. The third-order valence-electron chi connectivity index (χ3n) is 3.79. The lowest BCUT2D eigenvalue weighted by atomic mass is 10.2. The summed E-state index contributed by atoms with van der Waals surface area (Å²) in [5.74, 6) is -0.254. The molecule has 7 nitrogen and oxygen atoms in total. The van der Waals surface area contributed by atoms with E-state index in [0.717, 1.165) is 5.56 Å². The maximum atomic E-state index is 11.7. The second kappa shape index (κ2) is 11.1. The van der Waals surface area contributed by atoms with Crippen LogP contribution >= 0.6 is 11.6 Å². The van der Waals surface area contributed by atoms with Crippen LogP contribution in [0, 0.1) is 5.92 Å². The van der Waals surface area contributed by atoms with Crippen LogP contribution < -0.4 is 20.2 Å². The van der Waals surface area contributed by atoms with Crippen LogP contribution in [0.2, 0.25) is 5.02 Å². The number of amides is 2. The number of hydrogen-bond acceptors (Lipinski definition) is 5. The predicted molar refractivity (Wildman–Crippen MR) is 112 cm³/mol. The number of nitrogens with one attached hydrogen (secondary N) is 2. The number of hydrogen-bond donors (Lipinski definition) is 2. The molecule has 0 aliphatic carbocycles. The summed E-state index contributed by atoms with van der Waals surface area (Å²) in [6.45, 7) is 4.59. The normalized spacial score (nSPS) is 10.8. The fourth-order valence-corrected chi connectivity index (χ4v) is 2.44. The van der Waals surface area contributed by atoms with Crippen molar-refractivity contribution in [3.05, 3.63) is 58.6 Å². The standard InChI is InChI=1S/C21H24ClN3O4/c1-14(2)11-23-20(26)21(27)25-24-12-15-8-9-18(19(10-15)28-3)29-13-16-6-4-5-7-17(16)22/h4-10,12,14H,11,13H2,1-3H3,(H,23,26)(H,25,27)/b24-12-. The number of benzene rings is 2. The van der Waals surface area contributed by atoms with E-state index in [1.165, 1.54) is 13.3 Å². The Balaban J connectivity index is 1.95. The molecule has 0 radical (unpaired) electrons. The second-order valence-electron chi connectivity index (χ2n) is 6.59. The lowest BCUT2D eigenvalue weighted by Crippen LogP contribution is -2.39. The van der Waals surface area contributed by atoms with E-state index in [0.29, 0.717) is 35.2 Å². The van der Waals surface area contributed by atoms with Gasteiger partial charge in [-0.3, -0.25) is 9.59 Å². The molecular formula is C21H24ClN3O4. The minimum absolute atomic E-state index is 0.251. The van der Waals surface area contributed by atoms with Gasteiger partial charge in [-0.05, 0) is 35.7 Å². The Morgan fingerprint density at radius 1 is 1.14 bits per heavy atom. The van der Waals surface area contributed by atoms with E-state index in [4.69, 9.17) is 21.1 Å². The van der Waals surface area contributed by atoms with E-state index >= 15 is 0 Å². The Kier molecular flexibility index (Phi) is 8.48. The molecule has 2 amide bonds. The van der Waals surface area contributed by atoms with Crippen LogP contribution in [0.25, 0.3) is 0 Å². The first-order valence-corrected chi connectivity index (χ1v) is 9.44. The lowest BCUT2D eigenvalue weighted by molar-refractivity contribution is -0.139. The number of ether oxygens (including phenoxy) is 2. The topological polar surface area (TPSA) is 89.0 Å². The van der Waals surface area contributed by atoms with Gasteiger partial charge in [-0.15, -0.1) is 0 Å². The van der Waals surface area contributed by atoms with Gasteiger partial charge in [-0.1, -0.05) is 43.6 Å². The van der Waals surface area contributed by atoms with Crippen LogP contribution in [0.3, 0.4) is 0 Å². The average molecular weight is 418 g/mol. The molecule has 154 valence electrons. The van der Waals surface area contributed by atoms with Crippen molar-refractivity contribution in [2.24, 2.45) is 11.0 Å². The van der Waals surface area contributed by atoms with Gasteiger partial charge in [0, 0.05) is 17.1 Å². The highest BCUT2D eigenvalue weighted by Gasteiger charge is 2.12. The molecule has 0 spiro atoms. The Hall–Kier alpha value is -3.06. The van der Waals surface area contributed by atoms with Crippen molar-refractivity contribution in [1.29, 1.82) is 0 Å². The summed E-state index contributed by atoms with van der Waals surface area (Å²) in [6, 6.07) is 12.6. The van der Waals surface area contributed by atoms with Gasteiger partial charge in [0.25, 0.3) is 0 Å². The second-order valence-corrected chi connectivity index (χ2v) is 7.00. The molecule has 0 saturated heterocycles. The van der Waals surface area contributed by atoms with Crippen molar-refractivity contribution < 1.29 is 19.1 Å². The van der Waals surface area contributed by atoms with Gasteiger partial charge in [-0.25, -0.2) is 5.43 Å². The predicted octanol–water partition coefficient (Wildman–Crippen LogP) is 3.15. The quantitative estimate of drug-likeness (QED) is 0.392. The molecule has 29 heavy (non-hydrogen) atoms.